The number of sulfonamides is 1. The first-order valence-electron chi connectivity index (χ1n) is 7.66. The van der Waals surface area contributed by atoms with E-state index in [0.29, 0.717) is 10.4 Å². The largest absolute Gasteiger partial charge is 0.383 e. The van der Waals surface area contributed by atoms with Crippen LogP contribution < -0.4 is 4.72 Å². The zero-order valence-corrected chi connectivity index (χ0v) is 15.4. The minimum atomic E-state index is -3.85. The zero-order chi connectivity index (χ0) is 18.2. The Morgan fingerprint density at radius 3 is 2.60 bits per heavy atom. The molecule has 0 saturated heterocycles. The molecule has 4 nitrogen and oxygen atoms in total. The normalized spacial score (nSPS) is 14.6. The van der Waals surface area contributed by atoms with Crippen LogP contribution in [0.15, 0.2) is 53.4 Å². The van der Waals surface area contributed by atoms with Crippen molar-refractivity contribution in [2.24, 2.45) is 0 Å². The molecule has 0 bridgehead atoms. The molecule has 132 valence electrons. The molecule has 1 unspecified atom stereocenters. The first-order valence-corrected chi connectivity index (χ1v) is 9.96. The monoisotopic (exact) mass is 379 g/mol. The van der Waals surface area contributed by atoms with Crippen LogP contribution in [0.5, 0.6) is 0 Å². The van der Waals surface area contributed by atoms with Crippen molar-refractivity contribution in [3.8, 4) is 0 Å². The number of aryl methyl sites for hydroxylation is 1. The number of hydrogen-bond acceptors (Lipinski definition) is 4. The molecule has 0 aliphatic rings. The summed E-state index contributed by atoms with van der Waals surface area (Å²) in [6.45, 7) is 2.92. The van der Waals surface area contributed by atoms with Crippen LogP contribution in [0.2, 0.25) is 0 Å². The van der Waals surface area contributed by atoms with Crippen LogP contribution in [0.25, 0.3) is 10.1 Å². The summed E-state index contributed by atoms with van der Waals surface area (Å²) in [5, 5.41) is 11.7. The lowest BCUT2D eigenvalue weighted by atomic mass is 10.1. The zero-order valence-electron chi connectivity index (χ0n) is 13.8. The average molecular weight is 379 g/mol. The Morgan fingerprint density at radius 1 is 1.20 bits per heavy atom. The highest BCUT2D eigenvalue weighted by Crippen LogP contribution is 2.33. The van der Waals surface area contributed by atoms with Gasteiger partial charge in [0.2, 0.25) is 10.0 Å². The molecule has 25 heavy (non-hydrogen) atoms. The van der Waals surface area contributed by atoms with Crippen LogP contribution in [0.3, 0.4) is 0 Å². The Labute approximate surface area is 150 Å². The van der Waals surface area contributed by atoms with Crippen molar-refractivity contribution in [2.75, 3.05) is 6.54 Å². The van der Waals surface area contributed by atoms with E-state index in [1.807, 2.05) is 30.3 Å². The lowest BCUT2D eigenvalue weighted by molar-refractivity contribution is 0.0666. The summed E-state index contributed by atoms with van der Waals surface area (Å²) in [6.07, 6.45) is 0. The highest BCUT2D eigenvalue weighted by Gasteiger charge is 2.28. The van der Waals surface area contributed by atoms with Crippen LogP contribution in [-0.4, -0.2) is 20.1 Å². The Morgan fingerprint density at radius 2 is 1.92 bits per heavy atom. The number of fused-ring (bicyclic) bond motifs is 1. The lowest BCUT2D eigenvalue weighted by Gasteiger charge is -2.22. The third-order valence-electron chi connectivity index (χ3n) is 3.99. The molecular weight excluding hydrogens is 361 g/mol. The Hall–Kier alpha value is -1.80. The lowest BCUT2D eigenvalue weighted by Crippen LogP contribution is -2.38. The second-order valence-corrected chi connectivity index (χ2v) is 8.98. The summed E-state index contributed by atoms with van der Waals surface area (Å²) in [5.74, 6) is -0.492. The molecule has 0 spiro atoms. The van der Waals surface area contributed by atoms with Crippen molar-refractivity contribution in [3.05, 3.63) is 64.8 Å². The molecule has 3 rings (SSSR count). The van der Waals surface area contributed by atoms with Gasteiger partial charge in [0.15, 0.2) is 0 Å². The number of aliphatic hydroxyl groups is 1. The highest BCUT2D eigenvalue weighted by atomic mass is 32.2. The first-order chi connectivity index (χ1) is 11.7. The summed E-state index contributed by atoms with van der Waals surface area (Å²) >= 11 is 1.42. The maximum Gasteiger partial charge on any atom is 0.240 e. The summed E-state index contributed by atoms with van der Waals surface area (Å²) in [7, 11) is -3.85. The fourth-order valence-electron chi connectivity index (χ4n) is 2.56. The molecule has 0 amide bonds. The quantitative estimate of drug-likeness (QED) is 0.713. The van der Waals surface area contributed by atoms with Gasteiger partial charge in [-0.3, -0.25) is 0 Å². The van der Waals surface area contributed by atoms with E-state index >= 15 is 0 Å². The van der Waals surface area contributed by atoms with Gasteiger partial charge in [0.05, 0.1) is 4.90 Å². The minimum Gasteiger partial charge on any atom is -0.383 e. The molecule has 1 atom stereocenters. The Balaban J connectivity index is 1.83. The van der Waals surface area contributed by atoms with Gasteiger partial charge in [0.25, 0.3) is 0 Å². The fraction of sp³-hybridized carbons (Fsp3) is 0.222. The van der Waals surface area contributed by atoms with Crippen LogP contribution >= 0.6 is 11.3 Å². The number of nitrogens with one attached hydrogen (secondary N) is 1. The molecule has 0 aliphatic carbocycles. The molecule has 7 heteroatoms. The number of benzene rings is 2. The van der Waals surface area contributed by atoms with E-state index in [4.69, 9.17) is 0 Å². The predicted octanol–water partition coefficient (Wildman–Crippen LogP) is 3.53. The standard InChI is InChI=1S/C18H18FNO3S2/c1-12-9-14(19)7-8-16(12)25(22,23)20-11-18(2,21)17-10-13-5-3-4-6-15(13)24-17/h3-10,20-21H,11H2,1-2H3. The number of halogens is 1. The molecular formula is C18H18FNO3S2. The molecule has 2 N–H and O–H groups in total. The van der Waals surface area contributed by atoms with Crippen LogP contribution in [-0.2, 0) is 15.6 Å². The van der Waals surface area contributed by atoms with Crippen molar-refractivity contribution in [1.82, 2.24) is 4.72 Å². The maximum absolute atomic E-state index is 13.2. The van der Waals surface area contributed by atoms with Crippen molar-refractivity contribution >= 4 is 31.4 Å². The van der Waals surface area contributed by atoms with E-state index in [-0.39, 0.29) is 11.4 Å². The van der Waals surface area contributed by atoms with E-state index in [2.05, 4.69) is 4.72 Å². The molecule has 2 aromatic carbocycles. The molecule has 0 aliphatic heterocycles. The van der Waals surface area contributed by atoms with Crippen LogP contribution in [0.4, 0.5) is 4.39 Å². The molecule has 1 heterocycles. The van der Waals surface area contributed by atoms with Crippen LogP contribution in [0, 0.1) is 12.7 Å². The van der Waals surface area contributed by atoms with Gasteiger partial charge in [-0.25, -0.2) is 17.5 Å². The third-order valence-corrected chi connectivity index (χ3v) is 6.92. The molecule has 1 aromatic heterocycles. The summed E-state index contributed by atoms with van der Waals surface area (Å²) in [5.41, 5.74) is -1.04. The number of thiophene rings is 1. The maximum atomic E-state index is 13.2. The van der Waals surface area contributed by atoms with Gasteiger partial charge in [0, 0.05) is 16.1 Å². The first kappa shape index (κ1) is 18.0. The van der Waals surface area contributed by atoms with Gasteiger partial charge in [0.1, 0.15) is 11.4 Å². The van der Waals surface area contributed by atoms with Gasteiger partial charge in [-0.05, 0) is 55.1 Å². The van der Waals surface area contributed by atoms with Crippen molar-refractivity contribution in [1.29, 1.82) is 0 Å². The minimum absolute atomic E-state index is 0.000964. The molecule has 0 fully saturated rings. The second-order valence-electron chi connectivity index (χ2n) is 6.16. The Bertz CT molecular complexity index is 993. The summed E-state index contributed by atoms with van der Waals surface area (Å²) in [4.78, 5) is 0.674. The van der Waals surface area contributed by atoms with E-state index < -0.39 is 21.4 Å². The summed E-state index contributed by atoms with van der Waals surface area (Å²) < 4.78 is 41.6. The predicted molar refractivity (Wildman–Crippen MR) is 97.7 cm³/mol. The van der Waals surface area contributed by atoms with Crippen molar-refractivity contribution in [3.63, 3.8) is 0 Å². The summed E-state index contributed by atoms with van der Waals surface area (Å²) in [6, 6.07) is 13.1. The fourth-order valence-corrected chi connectivity index (χ4v) is 5.02. The number of rotatable bonds is 5. The Kier molecular flexibility index (Phi) is 4.68. The van der Waals surface area contributed by atoms with Gasteiger partial charge in [-0.1, -0.05) is 18.2 Å². The smallest absolute Gasteiger partial charge is 0.240 e. The van der Waals surface area contributed by atoms with Gasteiger partial charge < -0.3 is 5.11 Å². The molecule has 3 aromatic rings. The van der Waals surface area contributed by atoms with Crippen molar-refractivity contribution < 1.29 is 17.9 Å². The van der Waals surface area contributed by atoms with Crippen molar-refractivity contribution in [2.45, 2.75) is 24.3 Å². The van der Waals surface area contributed by atoms with E-state index in [9.17, 15) is 17.9 Å². The topological polar surface area (TPSA) is 66.4 Å². The molecule has 0 saturated carbocycles. The van der Waals surface area contributed by atoms with E-state index in [0.717, 1.165) is 16.2 Å². The van der Waals surface area contributed by atoms with E-state index in [1.165, 1.54) is 30.4 Å². The number of hydrogen-bond donors (Lipinski definition) is 2. The molecule has 0 radical (unpaired) electrons. The van der Waals surface area contributed by atoms with Gasteiger partial charge in [-0.15, -0.1) is 11.3 Å². The third kappa shape index (κ3) is 3.74. The SMILES string of the molecule is Cc1cc(F)ccc1S(=O)(=O)NCC(C)(O)c1cc2ccccc2s1. The van der Waals surface area contributed by atoms with E-state index in [1.54, 1.807) is 6.92 Å². The highest BCUT2D eigenvalue weighted by molar-refractivity contribution is 7.89. The van der Waals surface area contributed by atoms with Gasteiger partial charge in [-0.2, -0.15) is 0 Å². The second kappa shape index (κ2) is 6.49. The van der Waals surface area contributed by atoms with Crippen LogP contribution in [0.1, 0.15) is 17.4 Å². The van der Waals surface area contributed by atoms with Gasteiger partial charge >= 0.3 is 0 Å². The average Bonchev–Trinajstić information content (AvgIpc) is 2.98.